The molecule has 0 aromatic carbocycles. The Balaban J connectivity index is 3.81. The van der Waals surface area contributed by atoms with Gasteiger partial charge in [-0.2, -0.15) is 0 Å². The van der Waals surface area contributed by atoms with E-state index in [1.807, 2.05) is 0 Å². The molecule has 0 aliphatic heterocycles. The molecular formula is C7H12N2O2. The maximum atomic E-state index is 10.5. The SMILES string of the molecule is CC(=O)CC(C)=NCC(N)=O. The number of carbonyl (C=O) groups is 2. The van der Waals surface area contributed by atoms with Crippen LogP contribution in [0.25, 0.3) is 0 Å². The first-order valence-corrected chi connectivity index (χ1v) is 3.30. The lowest BCUT2D eigenvalue weighted by molar-refractivity contribution is -0.117. The maximum absolute atomic E-state index is 10.5. The summed E-state index contributed by atoms with van der Waals surface area (Å²) in [7, 11) is 0. The molecule has 4 nitrogen and oxygen atoms in total. The van der Waals surface area contributed by atoms with E-state index in [4.69, 9.17) is 5.73 Å². The Kier molecular flexibility index (Phi) is 4.10. The third-order valence-electron chi connectivity index (χ3n) is 1.01. The molecule has 4 heteroatoms. The zero-order valence-electron chi connectivity index (χ0n) is 6.76. The number of hydrogen-bond acceptors (Lipinski definition) is 3. The van der Waals surface area contributed by atoms with E-state index in [9.17, 15) is 9.59 Å². The maximum Gasteiger partial charge on any atom is 0.239 e. The molecule has 0 heterocycles. The van der Waals surface area contributed by atoms with E-state index < -0.39 is 5.91 Å². The van der Waals surface area contributed by atoms with Crippen molar-refractivity contribution in [2.45, 2.75) is 20.3 Å². The van der Waals surface area contributed by atoms with Gasteiger partial charge in [-0.25, -0.2) is 0 Å². The highest BCUT2D eigenvalue weighted by atomic mass is 16.1. The van der Waals surface area contributed by atoms with Crippen molar-refractivity contribution in [3.8, 4) is 0 Å². The van der Waals surface area contributed by atoms with E-state index in [0.29, 0.717) is 12.1 Å². The van der Waals surface area contributed by atoms with Crippen LogP contribution in [0.5, 0.6) is 0 Å². The fourth-order valence-electron chi connectivity index (χ4n) is 0.629. The minimum Gasteiger partial charge on any atom is -0.368 e. The first-order valence-electron chi connectivity index (χ1n) is 3.30. The Morgan fingerprint density at radius 2 is 1.91 bits per heavy atom. The lowest BCUT2D eigenvalue weighted by Crippen LogP contribution is -2.15. The molecule has 0 aliphatic carbocycles. The van der Waals surface area contributed by atoms with Crippen molar-refractivity contribution in [2.75, 3.05) is 6.54 Å². The summed E-state index contributed by atoms with van der Waals surface area (Å²) in [5.41, 5.74) is 5.49. The Hall–Kier alpha value is -1.19. The van der Waals surface area contributed by atoms with E-state index in [-0.39, 0.29) is 12.3 Å². The number of aliphatic imine (C=N–C) groups is 1. The van der Waals surface area contributed by atoms with Gasteiger partial charge in [0.2, 0.25) is 5.91 Å². The number of Topliss-reactive ketones (excluding diaryl/α,β-unsaturated/α-hetero) is 1. The summed E-state index contributed by atoms with van der Waals surface area (Å²) in [5.74, 6) is -0.441. The minimum atomic E-state index is -0.479. The van der Waals surface area contributed by atoms with E-state index in [1.54, 1.807) is 6.92 Å². The molecule has 0 fully saturated rings. The molecule has 0 aromatic rings. The second-order valence-electron chi connectivity index (χ2n) is 2.40. The second-order valence-corrected chi connectivity index (χ2v) is 2.40. The largest absolute Gasteiger partial charge is 0.368 e. The quantitative estimate of drug-likeness (QED) is 0.578. The van der Waals surface area contributed by atoms with Crippen molar-refractivity contribution >= 4 is 17.4 Å². The van der Waals surface area contributed by atoms with E-state index in [0.717, 1.165) is 0 Å². The van der Waals surface area contributed by atoms with Crippen LogP contribution < -0.4 is 5.73 Å². The number of nitrogens with zero attached hydrogens (tertiary/aromatic N) is 1. The highest BCUT2D eigenvalue weighted by Gasteiger charge is 1.97. The third-order valence-corrected chi connectivity index (χ3v) is 1.01. The molecular weight excluding hydrogens is 144 g/mol. The van der Waals surface area contributed by atoms with Crippen molar-refractivity contribution in [3.05, 3.63) is 0 Å². The predicted octanol–water partition coefficient (Wildman–Crippen LogP) is -0.0883. The molecule has 0 rings (SSSR count). The number of hydrogen-bond donors (Lipinski definition) is 1. The Morgan fingerprint density at radius 1 is 1.36 bits per heavy atom. The van der Waals surface area contributed by atoms with Crippen molar-refractivity contribution in [2.24, 2.45) is 10.7 Å². The van der Waals surface area contributed by atoms with Gasteiger partial charge in [-0.05, 0) is 13.8 Å². The van der Waals surface area contributed by atoms with Crippen LogP contribution in [0.2, 0.25) is 0 Å². The molecule has 2 N–H and O–H groups in total. The van der Waals surface area contributed by atoms with Gasteiger partial charge in [-0.3, -0.25) is 14.6 Å². The van der Waals surface area contributed by atoms with Crippen molar-refractivity contribution in [1.29, 1.82) is 0 Å². The molecule has 0 saturated carbocycles. The Morgan fingerprint density at radius 3 is 2.27 bits per heavy atom. The molecule has 1 amide bonds. The minimum absolute atomic E-state index is 0.0287. The zero-order chi connectivity index (χ0) is 8.85. The monoisotopic (exact) mass is 156 g/mol. The summed E-state index contributed by atoms with van der Waals surface area (Å²) in [6.45, 7) is 3.15. The molecule has 0 bridgehead atoms. The van der Waals surface area contributed by atoms with E-state index >= 15 is 0 Å². The molecule has 0 aliphatic rings. The number of amides is 1. The normalized spacial score (nSPS) is 11.3. The number of ketones is 1. The lowest BCUT2D eigenvalue weighted by Gasteiger charge is -1.94. The summed E-state index contributed by atoms with van der Waals surface area (Å²) < 4.78 is 0. The van der Waals surface area contributed by atoms with Gasteiger partial charge in [0.05, 0.1) is 0 Å². The molecule has 0 atom stereocenters. The fraction of sp³-hybridized carbons (Fsp3) is 0.571. The number of carbonyl (C=O) groups excluding carboxylic acids is 2. The van der Waals surface area contributed by atoms with E-state index in [2.05, 4.69) is 4.99 Å². The summed E-state index contributed by atoms with van der Waals surface area (Å²) >= 11 is 0. The highest BCUT2D eigenvalue weighted by molar-refractivity contribution is 6.00. The second kappa shape index (κ2) is 4.60. The van der Waals surface area contributed by atoms with Gasteiger partial charge in [-0.1, -0.05) is 0 Å². The Labute approximate surface area is 65.5 Å². The van der Waals surface area contributed by atoms with Crippen molar-refractivity contribution in [1.82, 2.24) is 0 Å². The smallest absolute Gasteiger partial charge is 0.239 e. The van der Waals surface area contributed by atoms with E-state index in [1.165, 1.54) is 6.92 Å². The molecule has 0 unspecified atom stereocenters. The summed E-state index contributed by atoms with van der Waals surface area (Å²) in [6, 6.07) is 0. The highest BCUT2D eigenvalue weighted by Crippen LogP contribution is 1.87. The van der Waals surface area contributed by atoms with Crippen LogP contribution in [0.1, 0.15) is 20.3 Å². The van der Waals surface area contributed by atoms with Gasteiger partial charge in [-0.15, -0.1) is 0 Å². The third kappa shape index (κ3) is 6.70. The van der Waals surface area contributed by atoms with Crippen molar-refractivity contribution < 1.29 is 9.59 Å². The van der Waals surface area contributed by atoms with Gasteiger partial charge in [0.25, 0.3) is 0 Å². The summed E-state index contributed by atoms with van der Waals surface area (Å²) in [4.78, 5) is 24.5. The lowest BCUT2D eigenvalue weighted by atomic mass is 10.2. The van der Waals surface area contributed by atoms with Crippen LogP contribution in [0, 0.1) is 0 Å². The van der Waals surface area contributed by atoms with Crippen LogP contribution in [-0.2, 0) is 9.59 Å². The van der Waals surface area contributed by atoms with Gasteiger partial charge in [0.1, 0.15) is 12.3 Å². The average molecular weight is 156 g/mol. The number of rotatable bonds is 4. The first kappa shape index (κ1) is 9.81. The van der Waals surface area contributed by atoms with Crippen LogP contribution >= 0.6 is 0 Å². The summed E-state index contributed by atoms with van der Waals surface area (Å²) in [5, 5.41) is 0. The predicted molar refractivity (Wildman–Crippen MR) is 42.5 cm³/mol. The van der Waals surface area contributed by atoms with Gasteiger partial charge in [0.15, 0.2) is 0 Å². The zero-order valence-corrected chi connectivity index (χ0v) is 6.76. The summed E-state index contributed by atoms with van der Waals surface area (Å²) in [6.07, 6.45) is 0.299. The van der Waals surface area contributed by atoms with Crippen LogP contribution in [0.4, 0.5) is 0 Å². The molecule has 0 spiro atoms. The topological polar surface area (TPSA) is 72.5 Å². The van der Waals surface area contributed by atoms with Gasteiger partial charge < -0.3 is 5.73 Å². The van der Waals surface area contributed by atoms with Crippen LogP contribution in [-0.4, -0.2) is 23.9 Å². The average Bonchev–Trinajstić information content (AvgIpc) is 1.82. The van der Waals surface area contributed by atoms with Gasteiger partial charge >= 0.3 is 0 Å². The number of nitrogens with two attached hydrogens (primary N) is 1. The molecule has 62 valence electrons. The molecule has 0 aromatic heterocycles. The van der Waals surface area contributed by atoms with Crippen LogP contribution in [0.15, 0.2) is 4.99 Å². The molecule has 11 heavy (non-hydrogen) atoms. The van der Waals surface area contributed by atoms with Crippen molar-refractivity contribution in [3.63, 3.8) is 0 Å². The standard InChI is InChI=1S/C7H12N2O2/c1-5(3-6(2)10)9-4-7(8)11/h3-4H2,1-2H3,(H2,8,11). The first-order chi connectivity index (χ1) is 5.02. The molecule has 0 radical (unpaired) electrons. The Bertz CT molecular complexity index is 197. The number of primary amides is 1. The molecule has 0 saturated heterocycles. The van der Waals surface area contributed by atoms with Crippen LogP contribution in [0.3, 0.4) is 0 Å². The van der Waals surface area contributed by atoms with Gasteiger partial charge in [0, 0.05) is 12.1 Å². The fourth-order valence-corrected chi connectivity index (χ4v) is 0.629.